The van der Waals surface area contributed by atoms with E-state index in [9.17, 15) is 0 Å². The molecule has 0 aliphatic heterocycles. The van der Waals surface area contributed by atoms with Gasteiger partial charge >= 0.3 is 0 Å². The zero-order valence-corrected chi connectivity index (χ0v) is 7.94. The van der Waals surface area contributed by atoms with Crippen LogP contribution in [0, 0.1) is 6.92 Å². The molecule has 0 radical (unpaired) electrons. The number of nitrogens with two attached hydrogens (primary N) is 2. The average Bonchev–Trinajstić information content (AvgIpc) is 2.69. The van der Waals surface area contributed by atoms with Crippen LogP contribution in [-0.4, -0.2) is 9.97 Å². The van der Waals surface area contributed by atoms with Gasteiger partial charge in [-0.1, -0.05) is 0 Å². The minimum atomic E-state index is 0.0843. The summed E-state index contributed by atoms with van der Waals surface area (Å²) in [5, 5.41) is 0. The molecular formula is C9H8N4O2. The lowest BCUT2D eigenvalue weighted by Crippen LogP contribution is -1.88. The molecule has 3 aromatic rings. The Morgan fingerprint density at radius 3 is 2.80 bits per heavy atom. The van der Waals surface area contributed by atoms with Crippen LogP contribution >= 0.6 is 0 Å². The van der Waals surface area contributed by atoms with Crippen LogP contribution in [0.25, 0.3) is 22.2 Å². The van der Waals surface area contributed by atoms with Gasteiger partial charge in [0, 0.05) is 13.0 Å². The summed E-state index contributed by atoms with van der Waals surface area (Å²) in [5.74, 6) is 0.553. The molecule has 0 aliphatic carbocycles. The highest BCUT2D eigenvalue weighted by atomic mass is 16.4. The molecule has 1 aromatic carbocycles. The summed E-state index contributed by atoms with van der Waals surface area (Å²) in [4.78, 5) is 8.13. The van der Waals surface area contributed by atoms with Gasteiger partial charge in [0.2, 0.25) is 0 Å². The topological polar surface area (TPSA) is 104 Å². The summed E-state index contributed by atoms with van der Waals surface area (Å²) in [7, 11) is 0. The lowest BCUT2D eigenvalue weighted by Gasteiger charge is -1.93. The summed E-state index contributed by atoms with van der Waals surface area (Å²) in [5.41, 5.74) is 13.9. The van der Waals surface area contributed by atoms with Crippen molar-refractivity contribution in [3.63, 3.8) is 0 Å². The first-order valence-corrected chi connectivity index (χ1v) is 4.37. The number of fused-ring (bicyclic) bond motifs is 2. The molecule has 3 rings (SSSR count). The number of anilines is 2. The second-order valence-corrected chi connectivity index (χ2v) is 3.27. The molecule has 76 valence electrons. The largest absolute Gasteiger partial charge is 0.439 e. The van der Waals surface area contributed by atoms with E-state index < -0.39 is 0 Å². The third-order valence-corrected chi connectivity index (χ3v) is 2.20. The Labute approximate surface area is 83.9 Å². The number of aryl methyl sites for hydroxylation is 1. The molecule has 4 N–H and O–H groups in total. The van der Waals surface area contributed by atoms with E-state index in [-0.39, 0.29) is 6.01 Å². The van der Waals surface area contributed by atoms with Crippen molar-refractivity contribution in [3.05, 3.63) is 12.0 Å². The van der Waals surface area contributed by atoms with Gasteiger partial charge in [-0.25, -0.2) is 4.98 Å². The Morgan fingerprint density at radius 2 is 2.00 bits per heavy atom. The molecule has 0 unspecified atom stereocenters. The van der Waals surface area contributed by atoms with Gasteiger partial charge in [-0.3, -0.25) is 0 Å². The molecule has 6 nitrogen and oxygen atoms in total. The highest BCUT2D eigenvalue weighted by Gasteiger charge is 2.14. The average molecular weight is 204 g/mol. The predicted molar refractivity (Wildman–Crippen MR) is 55.1 cm³/mol. The third kappa shape index (κ3) is 0.983. The maximum Gasteiger partial charge on any atom is 0.293 e. The van der Waals surface area contributed by atoms with Crippen LogP contribution in [0.4, 0.5) is 11.7 Å². The lowest BCUT2D eigenvalue weighted by molar-refractivity contribution is 0.562. The standard InChI is InChI=1S/C9H8N4O2/c1-3-12-4-2-5-7(13-9(11)15-5)6(10)8(4)14-3/h2H,10H2,1H3,(H2,11,13). The number of aromatic nitrogens is 2. The van der Waals surface area contributed by atoms with Gasteiger partial charge in [0.1, 0.15) is 16.7 Å². The van der Waals surface area contributed by atoms with Crippen molar-refractivity contribution in [2.75, 3.05) is 11.5 Å². The fraction of sp³-hybridized carbons (Fsp3) is 0.111. The Balaban J connectivity index is 2.56. The van der Waals surface area contributed by atoms with E-state index in [0.717, 1.165) is 0 Å². The number of nitrogens with zero attached hydrogens (tertiary/aromatic N) is 2. The molecule has 0 amide bonds. The van der Waals surface area contributed by atoms with Crippen LogP contribution in [0.5, 0.6) is 0 Å². The first-order valence-electron chi connectivity index (χ1n) is 4.37. The predicted octanol–water partition coefficient (Wildman–Crippen LogP) is 1.44. The zero-order valence-electron chi connectivity index (χ0n) is 7.94. The quantitative estimate of drug-likeness (QED) is 0.537. The third-order valence-electron chi connectivity index (χ3n) is 2.20. The number of hydrogen-bond donors (Lipinski definition) is 2. The Hall–Kier alpha value is -2.24. The number of benzene rings is 1. The van der Waals surface area contributed by atoms with E-state index in [0.29, 0.717) is 33.8 Å². The Morgan fingerprint density at radius 1 is 1.20 bits per heavy atom. The van der Waals surface area contributed by atoms with Crippen molar-refractivity contribution in [2.45, 2.75) is 6.92 Å². The van der Waals surface area contributed by atoms with Crippen LogP contribution in [-0.2, 0) is 0 Å². The molecule has 0 saturated carbocycles. The van der Waals surface area contributed by atoms with Gasteiger partial charge in [0.25, 0.3) is 6.01 Å². The number of oxazole rings is 2. The highest BCUT2D eigenvalue weighted by Crippen LogP contribution is 2.31. The molecule has 0 bridgehead atoms. The lowest BCUT2D eigenvalue weighted by atomic mass is 10.2. The highest BCUT2D eigenvalue weighted by molar-refractivity contribution is 6.03. The zero-order chi connectivity index (χ0) is 10.6. The summed E-state index contributed by atoms with van der Waals surface area (Å²) in [6.07, 6.45) is 0. The van der Waals surface area contributed by atoms with Crippen molar-refractivity contribution in [2.24, 2.45) is 0 Å². The molecule has 6 heteroatoms. The second kappa shape index (κ2) is 2.41. The molecule has 0 saturated heterocycles. The SMILES string of the molecule is Cc1nc2cc3oc(N)nc3c(N)c2o1. The van der Waals surface area contributed by atoms with E-state index in [1.807, 2.05) is 0 Å². The van der Waals surface area contributed by atoms with Crippen LogP contribution in [0.2, 0.25) is 0 Å². The second-order valence-electron chi connectivity index (χ2n) is 3.27. The van der Waals surface area contributed by atoms with E-state index in [1.165, 1.54) is 0 Å². The monoisotopic (exact) mass is 204 g/mol. The fourth-order valence-corrected chi connectivity index (χ4v) is 1.61. The van der Waals surface area contributed by atoms with Crippen molar-refractivity contribution in [1.82, 2.24) is 9.97 Å². The van der Waals surface area contributed by atoms with Crippen LogP contribution in [0.3, 0.4) is 0 Å². The van der Waals surface area contributed by atoms with Gasteiger partial charge in [-0.15, -0.1) is 0 Å². The smallest absolute Gasteiger partial charge is 0.293 e. The maximum atomic E-state index is 5.87. The van der Waals surface area contributed by atoms with Crippen LogP contribution in [0.1, 0.15) is 5.89 Å². The summed E-state index contributed by atoms with van der Waals surface area (Å²) in [6, 6.07) is 1.79. The molecule has 2 heterocycles. The van der Waals surface area contributed by atoms with E-state index in [1.54, 1.807) is 13.0 Å². The molecule has 0 spiro atoms. The maximum absolute atomic E-state index is 5.87. The fourth-order valence-electron chi connectivity index (χ4n) is 1.61. The summed E-state index contributed by atoms with van der Waals surface area (Å²) < 4.78 is 10.5. The number of hydrogen-bond acceptors (Lipinski definition) is 6. The van der Waals surface area contributed by atoms with Gasteiger partial charge in [-0.2, -0.15) is 4.98 Å². The number of nitrogen functional groups attached to an aromatic ring is 2. The van der Waals surface area contributed by atoms with E-state index >= 15 is 0 Å². The van der Waals surface area contributed by atoms with Crippen molar-refractivity contribution in [1.29, 1.82) is 0 Å². The molecule has 0 fully saturated rings. The molecular weight excluding hydrogens is 196 g/mol. The van der Waals surface area contributed by atoms with E-state index in [2.05, 4.69) is 9.97 Å². The van der Waals surface area contributed by atoms with Gasteiger partial charge in [-0.05, 0) is 0 Å². The van der Waals surface area contributed by atoms with Crippen LogP contribution < -0.4 is 11.5 Å². The summed E-state index contributed by atoms with van der Waals surface area (Å²) in [6.45, 7) is 1.75. The van der Waals surface area contributed by atoms with Crippen molar-refractivity contribution < 1.29 is 8.83 Å². The minimum Gasteiger partial charge on any atom is -0.439 e. The molecule has 2 aromatic heterocycles. The molecule has 0 atom stereocenters. The molecule has 0 aliphatic rings. The van der Waals surface area contributed by atoms with Crippen molar-refractivity contribution in [3.8, 4) is 0 Å². The van der Waals surface area contributed by atoms with E-state index in [4.69, 9.17) is 20.3 Å². The van der Waals surface area contributed by atoms with Gasteiger partial charge in [0.15, 0.2) is 17.1 Å². The first-order chi connectivity index (χ1) is 7.15. The Bertz CT molecular complexity index is 613. The first kappa shape index (κ1) is 8.10. The Kier molecular flexibility index (Phi) is 1.30. The summed E-state index contributed by atoms with van der Waals surface area (Å²) >= 11 is 0. The normalized spacial score (nSPS) is 11.5. The number of rotatable bonds is 0. The van der Waals surface area contributed by atoms with Crippen LogP contribution in [0.15, 0.2) is 14.9 Å². The molecule has 15 heavy (non-hydrogen) atoms. The minimum absolute atomic E-state index is 0.0843. The van der Waals surface area contributed by atoms with Gasteiger partial charge < -0.3 is 20.3 Å². The van der Waals surface area contributed by atoms with Crippen molar-refractivity contribution >= 4 is 33.9 Å². The van der Waals surface area contributed by atoms with Gasteiger partial charge in [0.05, 0.1) is 0 Å².